The fourth-order valence-electron chi connectivity index (χ4n) is 2.85. The Morgan fingerprint density at radius 1 is 1.17 bits per heavy atom. The first-order chi connectivity index (χ1) is 11.2. The molecule has 0 radical (unpaired) electrons. The van der Waals surface area contributed by atoms with E-state index < -0.39 is 0 Å². The number of rotatable bonds is 5. The Kier molecular flexibility index (Phi) is 5.28. The summed E-state index contributed by atoms with van der Waals surface area (Å²) >= 11 is 5.86. The lowest BCUT2D eigenvalue weighted by molar-refractivity contribution is -0.121. The smallest absolute Gasteiger partial charge is 0.220 e. The number of nitrogens with one attached hydrogen (secondary N) is 1. The minimum Gasteiger partial charge on any atom is -0.349 e. The van der Waals surface area contributed by atoms with Crippen LogP contribution in [0.2, 0.25) is 5.02 Å². The fraction of sp³-hybridized carbons (Fsp3) is 0.471. The van der Waals surface area contributed by atoms with Crippen LogP contribution < -0.4 is 5.32 Å². The second-order valence-corrected chi connectivity index (χ2v) is 6.33. The number of carbonyl (C=O) groups excluding carboxylic acids is 1. The number of benzene rings is 1. The fourth-order valence-corrected chi connectivity index (χ4v) is 2.98. The van der Waals surface area contributed by atoms with Gasteiger partial charge in [-0.15, -0.1) is 10.2 Å². The molecule has 0 aliphatic carbocycles. The first kappa shape index (κ1) is 16.0. The molecular formula is C17H21ClN4O. The number of halogens is 1. The van der Waals surface area contributed by atoms with Crippen LogP contribution in [-0.2, 0) is 30.7 Å². The Balaban J connectivity index is 1.49. The summed E-state index contributed by atoms with van der Waals surface area (Å²) in [4.78, 5) is 12.0. The van der Waals surface area contributed by atoms with Crippen molar-refractivity contribution < 1.29 is 4.79 Å². The molecule has 3 rings (SSSR count). The summed E-state index contributed by atoms with van der Waals surface area (Å²) < 4.78 is 2.16. The molecule has 0 atom stereocenters. The highest BCUT2D eigenvalue weighted by Gasteiger charge is 2.15. The van der Waals surface area contributed by atoms with Crippen LogP contribution in [0.25, 0.3) is 0 Å². The average Bonchev–Trinajstić information content (AvgIpc) is 2.79. The van der Waals surface area contributed by atoms with E-state index in [1.54, 1.807) is 0 Å². The SMILES string of the molecule is O=C(CCc1ccc(Cl)cc1)NCc1nnc2n1CCCCC2. The largest absolute Gasteiger partial charge is 0.349 e. The molecule has 122 valence electrons. The van der Waals surface area contributed by atoms with Crippen molar-refractivity contribution in [3.8, 4) is 0 Å². The monoisotopic (exact) mass is 332 g/mol. The van der Waals surface area contributed by atoms with Crippen LogP contribution in [0, 0.1) is 0 Å². The Labute approximate surface area is 141 Å². The lowest BCUT2D eigenvalue weighted by Gasteiger charge is -2.08. The molecule has 5 nitrogen and oxygen atoms in total. The predicted molar refractivity (Wildman–Crippen MR) is 89.2 cm³/mol. The molecule has 0 bridgehead atoms. The molecule has 0 saturated heterocycles. The van der Waals surface area contributed by atoms with E-state index in [1.165, 1.54) is 12.8 Å². The Hall–Kier alpha value is -1.88. The third kappa shape index (κ3) is 4.32. The summed E-state index contributed by atoms with van der Waals surface area (Å²) in [5.41, 5.74) is 1.11. The van der Waals surface area contributed by atoms with E-state index in [2.05, 4.69) is 20.1 Å². The summed E-state index contributed by atoms with van der Waals surface area (Å²) in [6.45, 7) is 1.41. The van der Waals surface area contributed by atoms with E-state index in [0.29, 0.717) is 24.4 Å². The van der Waals surface area contributed by atoms with Gasteiger partial charge in [-0.1, -0.05) is 30.2 Å². The maximum atomic E-state index is 12.0. The van der Waals surface area contributed by atoms with Gasteiger partial charge in [-0.3, -0.25) is 4.79 Å². The van der Waals surface area contributed by atoms with Crippen molar-refractivity contribution in [3.05, 3.63) is 46.5 Å². The number of amides is 1. The quantitative estimate of drug-likeness (QED) is 0.915. The van der Waals surface area contributed by atoms with Crippen molar-refractivity contribution in [2.45, 2.75) is 51.6 Å². The number of carbonyl (C=O) groups is 1. The van der Waals surface area contributed by atoms with Crippen molar-refractivity contribution in [1.29, 1.82) is 0 Å². The molecule has 2 aromatic rings. The molecule has 0 fully saturated rings. The molecule has 6 heteroatoms. The van der Waals surface area contributed by atoms with Gasteiger partial charge in [0.05, 0.1) is 6.54 Å². The Morgan fingerprint density at radius 3 is 2.83 bits per heavy atom. The van der Waals surface area contributed by atoms with Gasteiger partial charge in [-0.25, -0.2) is 0 Å². The normalized spacial score (nSPS) is 14.1. The van der Waals surface area contributed by atoms with Crippen LogP contribution in [0.5, 0.6) is 0 Å². The van der Waals surface area contributed by atoms with Crippen molar-refractivity contribution in [2.75, 3.05) is 0 Å². The second-order valence-electron chi connectivity index (χ2n) is 5.90. The van der Waals surface area contributed by atoms with E-state index in [9.17, 15) is 4.79 Å². The molecule has 23 heavy (non-hydrogen) atoms. The van der Waals surface area contributed by atoms with Crippen LogP contribution in [0.4, 0.5) is 0 Å². The van der Waals surface area contributed by atoms with Crippen LogP contribution in [0.3, 0.4) is 0 Å². The summed E-state index contributed by atoms with van der Waals surface area (Å²) in [6, 6.07) is 7.60. The highest BCUT2D eigenvalue weighted by Crippen LogP contribution is 2.14. The number of hydrogen-bond donors (Lipinski definition) is 1. The summed E-state index contributed by atoms with van der Waals surface area (Å²) in [5.74, 6) is 1.94. The van der Waals surface area contributed by atoms with Crippen molar-refractivity contribution >= 4 is 17.5 Å². The maximum Gasteiger partial charge on any atom is 0.220 e. The molecular weight excluding hydrogens is 312 g/mol. The minimum absolute atomic E-state index is 0.0333. The lowest BCUT2D eigenvalue weighted by atomic mass is 10.1. The van der Waals surface area contributed by atoms with E-state index in [4.69, 9.17) is 11.6 Å². The molecule has 0 saturated carbocycles. The van der Waals surface area contributed by atoms with E-state index in [-0.39, 0.29) is 5.91 Å². The molecule has 1 amide bonds. The topological polar surface area (TPSA) is 59.8 Å². The van der Waals surface area contributed by atoms with Gasteiger partial charge in [0.2, 0.25) is 5.91 Å². The Bertz CT molecular complexity index is 666. The highest BCUT2D eigenvalue weighted by atomic mass is 35.5. The zero-order chi connectivity index (χ0) is 16.1. The molecule has 0 spiro atoms. The number of fused-ring (bicyclic) bond motifs is 1. The van der Waals surface area contributed by atoms with Crippen LogP contribution in [0.1, 0.15) is 42.9 Å². The summed E-state index contributed by atoms with van der Waals surface area (Å²) in [6.07, 6.45) is 5.71. The maximum absolute atomic E-state index is 12.0. The molecule has 0 unspecified atom stereocenters. The predicted octanol–water partition coefficient (Wildman–Crippen LogP) is 2.91. The second kappa shape index (κ2) is 7.59. The number of aromatic nitrogens is 3. The zero-order valence-electron chi connectivity index (χ0n) is 13.1. The number of aryl methyl sites for hydroxylation is 2. The van der Waals surface area contributed by atoms with Gasteiger partial charge < -0.3 is 9.88 Å². The molecule has 1 aromatic carbocycles. The first-order valence-corrected chi connectivity index (χ1v) is 8.52. The number of hydrogen-bond acceptors (Lipinski definition) is 3. The first-order valence-electron chi connectivity index (χ1n) is 8.14. The summed E-state index contributed by atoms with van der Waals surface area (Å²) in [7, 11) is 0. The van der Waals surface area contributed by atoms with Crippen molar-refractivity contribution in [2.24, 2.45) is 0 Å². The molecule has 1 aromatic heterocycles. The third-order valence-corrected chi connectivity index (χ3v) is 4.44. The van der Waals surface area contributed by atoms with Gasteiger partial charge in [0, 0.05) is 24.4 Å². The standard InChI is InChI=1S/C17H21ClN4O/c18-14-8-5-13(6-9-14)7-10-17(23)19-12-16-21-20-15-4-2-1-3-11-22(15)16/h5-6,8-9H,1-4,7,10-12H2,(H,19,23). The van der Waals surface area contributed by atoms with Crippen molar-refractivity contribution in [3.63, 3.8) is 0 Å². The number of nitrogens with zero attached hydrogens (tertiary/aromatic N) is 3. The zero-order valence-corrected chi connectivity index (χ0v) is 13.9. The van der Waals surface area contributed by atoms with Gasteiger partial charge in [0.15, 0.2) is 5.82 Å². The van der Waals surface area contributed by atoms with Gasteiger partial charge in [-0.05, 0) is 37.0 Å². The molecule has 1 aliphatic rings. The Morgan fingerprint density at radius 2 is 2.00 bits per heavy atom. The summed E-state index contributed by atoms with van der Waals surface area (Å²) in [5, 5.41) is 12.1. The lowest BCUT2D eigenvalue weighted by Crippen LogP contribution is -2.25. The third-order valence-electron chi connectivity index (χ3n) is 4.18. The van der Waals surface area contributed by atoms with Gasteiger partial charge in [0.25, 0.3) is 0 Å². The molecule has 2 heterocycles. The van der Waals surface area contributed by atoms with Gasteiger partial charge >= 0.3 is 0 Å². The van der Waals surface area contributed by atoms with Crippen LogP contribution >= 0.6 is 11.6 Å². The van der Waals surface area contributed by atoms with E-state index in [1.807, 2.05) is 24.3 Å². The van der Waals surface area contributed by atoms with E-state index >= 15 is 0 Å². The average molecular weight is 333 g/mol. The highest BCUT2D eigenvalue weighted by molar-refractivity contribution is 6.30. The van der Waals surface area contributed by atoms with Crippen LogP contribution in [0.15, 0.2) is 24.3 Å². The van der Waals surface area contributed by atoms with Crippen molar-refractivity contribution in [1.82, 2.24) is 20.1 Å². The van der Waals surface area contributed by atoms with Crippen LogP contribution in [-0.4, -0.2) is 20.7 Å². The van der Waals surface area contributed by atoms with E-state index in [0.717, 1.165) is 36.6 Å². The minimum atomic E-state index is 0.0333. The van der Waals surface area contributed by atoms with Gasteiger partial charge in [0.1, 0.15) is 5.82 Å². The van der Waals surface area contributed by atoms with Gasteiger partial charge in [-0.2, -0.15) is 0 Å². The molecule has 1 aliphatic heterocycles. The molecule has 1 N–H and O–H groups in total.